The van der Waals surface area contributed by atoms with E-state index in [-0.39, 0.29) is 11.8 Å². The molecule has 2 N–H and O–H groups in total. The van der Waals surface area contributed by atoms with Crippen LogP contribution in [-0.4, -0.2) is 32.9 Å². The molecule has 2 aromatic carbocycles. The van der Waals surface area contributed by atoms with Crippen LogP contribution in [0.2, 0.25) is 5.02 Å². The van der Waals surface area contributed by atoms with Gasteiger partial charge in [-0.15, -0.1) is 0 Å². The van der Waals surface area contributed by atoms with Gasteiger partial charge >= 0.3 is 6.03 Å². The van der Waals surface area contributed by atoms with Gasteiger partial charge in [0.15, 0.2) is 5.75 Å². The van der Waals surface area contributed by atoms with Gasteiger partial charge in [0.2, 0.25) is 0 Å². The van der Waals surface area contributed by atoms with E-state index in [0.29, 0.717) is 42.6 Å². The number of methoxy groups -OCH3 is 1. The number of benzene rings is 2. The second-order valence-electron chi connectivity index (χ2n) is 5.22. The first-order valence-electron chi connectivity index (χ1n) is 7.79. The van der Waals surface area contributed by atoms with E-state index < -0.39 is 0 Å². The summed E-state index contributed by atoms with van der Waals surface area (Å²) >= 11 is 6.12. The average molecular weight is 367 g/mol. The van der Waals surface area contributed by atoms with E-state index >= 15 is 0 Å². The second-order valence-corrected chi connectivity index (χ2v) is 5.62. The lowest BCUT2D eigenvalue weighted by molar-refractivity contribution is 0.146. The Morgan fingerprint density at radius 1 is 1.16 bits per heavy atom. The molecule has 2 aromatic rings. The number of rotatable bonds is 8. The van der Waals surface area contributed by atoms with Crippen LogP contribution in [0.3, 0.4) is 0 Å². The molecule has 0 radical (unpaired) electrons. The van der Waals surface area contributed by atoms with Crippen molar-refractivity contribution < 1.29 is 18.7 Å². The molecule has 7 heteroatoms. The third kappa shape index (κ3) is 6.25. The molecule has 0 aliphatic heterocycles. The van der Waals surface area contributed by atoms with Crippen LogP contribution in [0, 0.1) is 5.82 Å². The highest BCUT2D eigenvalue weighted by Crippen LogP contribution is 2.32. The number of hydrogen-bond donors (Lipinski definition) is 2. The van der Waals surface area contributed by atoms with E-state index in [2.05, 4.69) is 10.6 Å². The Bertz CT molecular complexity index is 695. The summed E-state index contributed by atoms with van der Waals surface area (Å²) in [4.78, 5) is 12.0. The van der Waals surface area contributed by atoms with Crippen LogP contribution in [0.15, 0.2) is 42.5 Å². The minimum Gasteiger partial charge on any atom is -0.487 e. The van der Waals surface area contributed by atoms with Crippen molar-refractivity contribution in [3.05, 3.63) is 58.9 Å². The van der Waals surface area contributed by atoms with Crippen LogP contribution in [0.25, 0.3) is 0 Å². The van der Waals surface area contributed by atoms with Gasteiger partial charge in [-0.1, -0.05) is 29.8 Å². The molecule has 0 aliphatic carbocycles. The fraction of sp³-hybridized carbons (Fsp3) is 0.278. The Morgan fingerprint density at radius 3 is 2.64 bits per heavy atom. The molecule has 0 atom stereocenters. The summed E-state index contributed by atoms with van der Waals surface area (Å²) in [5, 5.41) is 5.86. The highest BCUT2D eigenvalue weighted by molar-refractivity contribution is 6.32. The zero-order valence-corrected chi connectivity index (χ0v) is 14.6. The van der Waals surface area contributed by atoms with Crippen LogP contribution in [-0.2, 0) is 11.2 Å². The van der Waals surface area contributed by atoms with Crippen molar-refractivity contribution in [2.45, 2.75) is 6.42 Å². The number of para-hydroxylation sites is 1. The summed E-state index contributed by atoms with van der Waals surface area (Å²) in [6.07, 6.45) is 0.598. The highest BCUT2D eigenvalue weighted by atomic mass is 35.5. The van der Waals surface area contributed by atoms with Crippen molar-refractivity contribution in [3.63, 3.8) is 0 Å². The summed E-state index contributed by atoms with van der Waals surface area (Å²) in [7, 11) is 1.57. The van der Waals surface area contributed by atoms with Crippen LogP contribution >= 0.6 is 11.6 Å². The third-order valence-electron chi connectivity index (χ3n) is 3.36. The predicted molar refractivity (Wildman–Crippen MR) is 95.9 cm³/mol. The minimum atomic E-state index is -0.374. The number of halogens is 2. The van der Waals surface area contributed by atoms with Crippen LogP contribution in [0.1, 0.15) is 5.56 Å². The fourth-order valence-electron chi connectivity index (χ4n) is 2.12. The van der Waals surface area contributed by atoms with Gasteiger partial charge in [0.05, 0.1) is 17.3 Å². The topological polar surface area (TPSA) is 59.6 Å². The highest BCUT2D eigenvalue weighted by Gasteiger charge is 2.11. The third-order valence-corrected chi connectivity index (χ3v) is 3.66. The number of carbonyl (C=O) groups is 1. The van der Waals surface area contributed by atoms with E-state index in [9.17, 15) is 9.18 Å². The van der Waals surface area contributed by atoms with Crippen molar-refractivity contribution in [2.75, 3.05) is 32.2 Å². The first-order chi connectivity index (χ1) is 12.1. The lowest BCUT2D eigenvalue weighted by atomic mass is 10.1. The summed E-state index contributed by atoms with van der Waals surface area (Å²) < 4.78 is 23.3. The molecule has 2 amide bonds. The Kier molecular flexibility index (Phi) is 7.50. The fourth-order valence-corrected chi connectivity index (χ4v) is 2.35. The number of hydrogen-bond acceptors (Lipinski definition) is 3. The Labute approximate surface area is 151 Å². The lowest BCUT2D eigenvalue weighted by Gasteiger charge is -2.14. The molecule has 0 saturated heterocycles. The lowest BCUT2D eigenvalue weighted by Crippen LogP contribution is -2.30. The van der Waals surface area contributed by atoms with E-state index in [4.69, 9.17) is 21.1 Å². The van der Waals surface area contributed by atoms with Gasteiger partial charge < -0.3 is 20.1 Å². The molecular weight excluding hydrogens is 347 g/mol. The average Bonchev–Trinajstić information content (AvgIpc) is 2.59. The van der Waals surface area contributed by atoms with Crippen molar-refractivity contribution in [1.82, 2.24) is 5.32 Å². The van der Waals surface area contributed by atoms with E-state index in [0.717, 1.165) is 5.56 Å². The van der Waals surface area contributed by atoms with Crippen molar-refractivity contribution >= 4 is 23.3 Å². The normalized spacial score (nSPS) is 10.4. The van der Waals surface area contributed by atoms with Gasteiger partial charge in [-0.3, -0.25) is 0 Å². The minimum absolute atomic E-state index is 0.281. The van der Waals surface area contributed by atoms with E-state index in [1.807, 2.05) is 0 Å². The van der Waals surface area contributed by atoms with Gasteiger partial charge in [-0.05, 0) is 36.2 Å². The molecule has 0 aliphatic rings. The molecule has 0 bridgehead atoms. The first kappa shape index (κ1) is 19.0. The quantitative estimate of drug-likeness (QED) is 0.697. The molecule has 0 heterocycles. The predicted octanol–water partition coefficient (Wildman–Crippen LogP) is 3.87. The summed E-state index contributed by atoms with van der Waals surface area (Å²) in [6.45, 7) is 1.15. The molecule has 2 rings (SSSR count). The van der Waals surface area contributed by atoms with Crippen LogP contribution in [0.5, 0.6) is 5.75 Å². The SMILES string of the molecule is COCCOc1c(Cl)cccc1NC(=O)NCCc1ccc(F)cc1. The largest absolute Gasteiger partial charge is 0.487 e. The maximum absolute atomic E-state index is 12.9. The number of ether oxygens (including phenoxy) is 2. The van der Waals surface area contributed by atoms with Gasteiger partial charge in [0.25, 0.3) is 0 Å². The molecule has 25 heavy (non-hydrogen) atoms. The van der Waals surface area contributed by atoms with Gasteiger partial charge in [0, 0.05) is 13.7 Å². The molecular formula is C18H20ClFN2O3. The summed E-state index contributed by atoms with van der Waals surface area (Å²) in [6, 6.07) is 10.9. The number of urea groups is 1. The maximum Gasteiger partial charge on any atom is 0.319 e. The Morgan fingerprint density at radius 2 is 1.92 bits per heavy atom. The number of nitrogens with one attached hydrogen (secondary N) is 2. The molecule has 0 saturated carbocycles. The monoisotopic (exact) mass is 366 g/mol. The van der Waals surface area contributed by atoms with Crippen molar-refractivity contribution in [1.29, 1.82) is 0 Å². The van der Waals surface area contributed by atoms with Crippen LogP contribution < -0.4 is 15.4 Å². The van der Waals surface area contributed by atoms with E-state index in [1.54, 1.807) is 37.4 Å². The summed E-state index contributed by atoms with van der Waals surface area (Å²) in [5.74, 6) is 0.117. The zero-order valence-electron chi connectivity index (χ0n) is 13.9. The Hall–Kier alpha value is -2.31. The number of anilines is 1. The second kappa shape index (κ2) is 9.86. The molecule has 5 nitrogen and oxygen atoms in total. The van der Waals surface area contributed by atoms with Gasteiger partial charge in [0.1, 0.15) is 12.4 Å². The zero-order chi connectivity index (χ0) is 18.1. The number of carbonyl (C=O) groups excluding carboxylic acids is 1. The van der Waals surface area contributed by atoms with E-state index in [1.165, 1.54) is 12.1 Å². The van der Waals surface area contributed by atoms with Crippen molar-refractivity contribution in [2.24, 2.45) is 0 Å². The number of amides is 2. The van der Waals surface area contributed by atoms with Gasteiger partial charge in [-0.25, -0.2) is 9.18 Å². The van der Waals surface area contributed by atoms with Crippen molar-refractivity contribution in [3.8, 4) is 5.75 Å². The molecule has 0 spiro atoms. The maximum atomic E-state index is 12.9. The molecule has 134 valence electrons. The van der Waals surface area contributed by atoms with Crippen LogP contribution in [0.4, 0.5) is 14.9 Å². The van der Waals surface area contributed by atoms with Gasteiger partial charge in [-0.2, -0.15) is 0 Å². The smallest absolute Gasteiger partial charge is 0.319 e. The molecule has 0 fully saturated rings. The molecule has 0 aromatic heterocycles. The summed E-state index contributed by atoms with van der Waals surface area (Å²) in [5.41, 5.74) is 1.41. The standard InChI is InChI=1S/C18H20ClFN2O3/c1-24-11-12-25-17-15(19)3-2-4-16(17)22-18(23)21-10-9-13-5-7-14(20)8-6-13/h2-8H,9-12H2,1H3,(H2,21,22,23). The molecule has 0 unspecified atom stereocenters. The Balaban J connectivity index is 1.87. The first-order valence-corrected chi connectivity index (χ1v) is 8.17.